The highest BCUT2D eigenvalue weighted by molar-refractivity contribution is 6.08. The molecule has 4 rings (SSSR count). The van der Waals surface area contributed by atoms with Crippen LogP contribution in [0.5, 0.6) is 11.5 Å². The smallest absolute Gasteiger partial charge is 0.256 e. The normalized spacial score (nSPS) is 10.7. The second kappa shape index (κ2) is 8.69. The number of rotatable bonds is 7. The Hall–Kier alpha value is -3.80. The number of hydrogen-bond donors (Lipinski definition) is 2. The number of fused-ring (bicyclic) bond motifs is 1. The number of H-pyrrole nitrogens is 1. The first kappa shape index (κ1) is 19.5. The van der Waals surface area contributed by atoms with Crippen LogP contribution in [0.15, 0.2) is 66.7 Å². The van der Waals surface area contributed by atoms with E-state index in [1.165, 1.54) is 5.56 Å². The Labute approximate surface area is 174 Å². The first-order valence-electron chi connectivity index (χ1n) is 9.80. The summed E-state index contributed by atoms with van der Waals surface area (Å²) in [5.74, 6) is 1.75. The van der Waals surface area contributed by atoms with Gasteiger partial charge < -0.3 is 14.8 Å². The van der Waals surface area contributed by atoms with Crippen LogP contribution in [0.2, 0.25) is 0 Å². The molecule has 1 aromatic heterocycles. The van der Waals surface area contributed by atoms with Crippen LogP contribution in [0, 0.1) is 0 Å². The molecule has 0 saturated carbocycles. The lowest BCUT2D eigenvalue weighted by Gasteiger charge is -2.08. The Morgan fingerprint density at radius 3 is 2.60 bits per heavy atom. The maximum Gasteiger partial charge on any atom is 0.256 e. The lowest BCUT2D eigenvalue weighted by molar-refractivity contribution is 0.102. The number of carbonyl (C=O) groups excluding carboxylic acids is 1. The summed E-state index contributed by atoms with van der Waals surface area (Å²) in [7, 11) is 1.64. The Kier molecular flexibility index (Phi) is 5.66. The molecular formula is C24H23N3O3. The van der Waals surface area contributed by atoms with Crippen LogP contribution in [-0.2, 0) is 13.0 Å². The number of hydrogen-bond acceptors (Lipinski definition) is 4. The molecule has 0 aliphatic rings. The number of benzene rings is 3. The third-order valence-electron chi connectivity index (χ3n) is 4.93. The molecule has 0 spiro atoms. The molecule has 30 heavy (non-hydrogen) atoms. The fourth-order valence-electron chi connectivity index (χ4n) is 3.18. The first-order valence-corrected chi connectivity index (χ1v) is 9.80. The lowest BCUT2D eigenvalue weighted by Crippen LogP contribution is -2.12. The van der Waals surface area contributed by atoms with Gasteiger partial charge in [0.25, 0.3) is 5.91 Å². The summed E-state index contributed by atoms with van der Waals surface area (Å²) in [4.78, 5) is 12.6. The minimum Gasteiger partial charge on any atom is -0.497 e. The van der Waals surface area contributed by atoms with Gasteiger partial charge in [0.05, 0.1) is 12.6 Å². The van der Waals surface area contributed by atoms with Crippen LogP contribution in [-0.4, -0.2) is 23.2 Å². The number of aromatic amines is 1. The molecule has 6 nitrogen and oxygen atoms in total. The molecule has 0 unspecified atom stereocenters. The van der Waals surface area contributed by atoms with Crippen molar-refractivity contribution in [3.8, 4) is 11.5 Å². The van der Waals surface area contributed by atoms with Crippen LogP contribution >= 0.6 is 0 Å². The van der Waals surface area contributed by atoms with Gasteiger partial charge in [-0.25, -0.2) is 0 Å². The molecule has 0 bridgehead atoms. The quantitative estimate of drug-likeness (QED) is 0.459. The maximum atomic E-state index is 12.6. The van der Waals surface area contributed by atoms with E-state index in [0.717, 1.165) is 28.6 Å². The number of carbonyl (C=O) groups is 1. The summed E-state index contributed by atoms with van der Waals surface area (Å²) >= 11 is 0. The number of nitrogens with zero attached hydrogens (tertiary/aromatic N) is 1. The second-order valence-electron chi connectivity index (χ2n) is 6.92. The summed E-state index contributed by atoms with van der Waals surface area (Å²) in [6.07, 6.45) is 0.935. The molecule has 0 saturated heterocycles. The van der Waals surface area contributed by atoms with Crippen LogP contribution in [0.3, 0.4) is 0 Å². The van der Waals surface area contributed by atoms with Gasteiger partial charge in [0.1, 0.15) is 18.1 Å². The van der Waals surface area contributed by atoms with E-state index >= 15 is 0 Å². The van der Waals surface area contributed by atoms with E-state index in [2.05, 4.69) is 22.4 Å². The van der Waals surface area contributed by atoms with Gasteiger partial charge in [0.15, 0.2) is 5.82 Å². The number of nitrogens with one attached hydrogen (secondary N) is 2. The van der Waals surface area contributed by atoms with E-state index < -0.39 is 0 Å². The standard InChI is InChI=1S/C24H23N3O3/c1-3-16-7-9-18(10-8-16)24(28)25-23-21-14-20(11-12-22(21)26-27-23)30-15-17-5-4-6-19(13-17)29-2/h4-14H,3,15H2,1-2H3,(H2,25,26,27,28). The number of aryl methyl sites for hydroxylation is 1. The average molecular weight is 401 g/mol. The lowest BCUT2D eigenvalue weighted by atomic mass is 10.1. The van der Waals surface area contributed by atoms with E-state index in [0.29, 0.717) is 23.7 Å². The second-order valence-corrected chi connectivity index (χ2v) is 6.92. The minimum atomic E-state index is -0.200. The highest BCUT2D eigenvalue weighted by atomic mass is 16.5. The number of ether oxygens (including phenoxy) is 2. The van der Waals surface area contributed by atoms with Crippen LogP contribution in [0.25, 0.3) is 10.9 Å². The third kappa shape index (κ3) is 4.27. The van der Waals surface area contributed by atoms with Crippen LogP contribution in [0.1, 0.15) is 28.4 Å². The van der Waals surface area contributed by atoms with Crippen LogP contribution in [0.4, 0.5) is 5.82 Å². The zero-order chi connectivity index (χ0) is 20.9. The van der Waals surface area contributed by atoms with Crippen LogP contribution < -0.4 is 14.8 Å². The van der Waals surface area contributed by atoms with Crippen molar-refractivity contribution >= 4 is 22.6 Å². The molecule has 2 N–H and O–H groups in total. The van der Waals surface area contributed by atoms with Crippen molar-refractivity contribution in [1.82, 2.24) is 10.2 Å². The summed E-state index contributed by atoms with van der Waals surface area (Å²) in [6.45, 7) is 2.49. The number of amides is 1. The van der Waals surface area contributed by atoms with Crippen molar-refractivity contribution in [3.05, 3.63) is 83.4 Å². The van der Waals surface area contributed by atoms with E-state index in [1.54, 1.807) is 7.11 Å². The zero-order valence-corrected chi connectivity index (χ0v) is 16.9. The van der Waals surface area contributed by atoms with E-state index in [9.17, 15) is 4.79 Å². The van der Waals surface area contributed by atoms with Gasteiger partial charge in [0.2, 0.25) is 0 Å². The molecular weight excluding hydrogens is 378 g/mol. The largest absolute Gasteiger partial charge is 0.497 e. The highest BCUT2D eigenvalue weighted by Crippen LogP contribution is 2.26. The van der Waals surface area contributed by atoms with Crippen molar-refractivity contribution in [2.24, 2.45) is 0 Å². The van der Waals surface area contributed by atoms with E-state index in [-0.39, 0.29) is 5.91 Å². The van der Waals surface area contributed by atoms with Gasteiger partial charge in [0, 0.05) is 10.9 Å². The minimum absolute atomic E-state index is 0.200. The van der Waals surface area contributed by atoms with Gasteiger partial charge in [-0.1, -0.05) is 31.2 Å². The van der Waals surface area contributed by atoms with Crippen molar-refractivity contribution in [2.75, 3.05) is 12.4 Å². The third-order valence-corrected chi connectivity index (χ3v) is 4.93. The summed E-state index contributed by atoms with van der Waals surface area (Å²) in [5.41, 5.74) is 3.61. The Morgan fingerprint density at radius 2 is 1.83 bits per heavy atom. The average Bonchev–Trinajstić information content (AvgIpc) is 3.19. The van der Waals surface area contributed by atoms with Crippen molar-refractivity contribution in [2.45, 2.75) is 20.0 Å². The summed E-state index contributed by atoms with van der Waals surface area (Å²) in [5, 5.41) is 10.9. The summed E-state index contributed by atoms with van der Waals surface area (Å²) in [6, 6.07) is 20.9. The monoisotopic (exact) mass is 401 g/mol. The predicted octanol–water partition coefficient (Wildman–Crippen LogP) is 4.97. The van der Waals surface area contributed by atoms with E-state index in [4.69, 9.17) is 9.47 Å². The molecule has 152 valence electrons. The number of methoxy groups -OCH3 is 1. The fraction of sp³-hybridized carbons (Fsp3) is 0.167. The van der Waals surface area contributed by atoms with Gasteiger partial charge in [-0.3, -0.25) is 9.89 Å². The van der Waals surface area contributed by atoms with Gasteiger partial charge in [-0.2, -0.15) is 5.10 Å². The van der Waals surface area contributed by atoms with Gasteiger partial charge >= 0.3 is 0 Å². The van der Waals surface area contributed by atoms with Crippen molar-refractivity contribution in [3.63, 3.8) is 0 Å². The Morgan fingerprint density at radius 1 is 1.00 bits per heavy atom. The number of aromatic nitrogens is 2. The first-order chi connectivity index (χ1) is 14.7. The molecule has 1 heterocycles. The van der Waals surface area contributed by atoms with Crippen molar-refractivity contribution < 1.29 is 14.3 Å². The van der Waals surface area contributed by atoms with Gasteiger partial charge in [-0.05, 0) is 60.0 Å². The highest BCUT2D eigenvalue weighted by Gasteiger charge is 2.12. The van der Waals surface area contributed by atoms with Crippen molar-refractivity contribution in [1.29, 1.82) is 0 Å². The Bertz CT molecular complexity index is 1170. The Balaban J connectivity index is 1.49. The summed E-state index contributed by atoms with van der Waals surface area (Å²) < 4.78 is 11.2. The van der Waals surface area contributed by atoms with E-state index in [1.807, 2.05) is 66.7 Å². The predicted molar refractivity (Wildman–Crippen MR) is 117 cm³/mol. The molecule has 3 aromatic carbocycles. The molecule has 4 aromatic rings. The zero-order valence-electron chi connectivity index (χ0n) is 16.9. The molecule has 0 radical (unpaired) electrons. The molecule has 6 heteroatoms. The molecule has 1 amide bonds. The maximum absolute atomic E-state index is 12.6. The molecule has 0 aliphatic heterocycles. The fourth-order valence-corrected chi connectivity index (χ4v) is 3.18. The number of anilines is 1. The molecule has 0 fully saturated rings. The topological polar surface area (TPSA) is 76.2 Å². The molecule has 0 atom stereocenters. The van der Waals surface area contributed by atoms with Gasteiger partial charge in [-0.15, -0.1) is 0 Å². The SMILES string of the molecule is CCc1ccc(C(=O)Nc2n[nH]c3ccc(OCc4cccc(OC)c4)cc23)cc1. The molecule has 0 aliphatic carbocycles.